The summed E-state index contributed by atoms with van der Waals surface area (Å²) in [5.74, 6) is -0.949. The first-order chi connectivity index (χ1) is 9.47. The van der Waals surface area contributed by atoms with Crippen LogP contribution in [0, 0.1) is 0 Å². The molecular formula is C14H17F2NO3. The summed E-state index contributed by atoms with van der Waals surface area (Å²) in [5, 5.41) is 2.48. The Balaban J connectivity index is 2.29. The molecule has 1 amide bonds. The third kappa shape index (κ3) is 6.82. The first-order valence-electron chi connectivity index (χ1n) is 6.30. The molecule has 0 fully saturated rings. The van der Waals surface area contributed by atoms with Crippen molar-refractivity contribution in [2.75, 3.05) is 0 Å². The number of alkyl halides is 2. The van der Waals surface area contributed by atoms with Crippen molar-refractivity contribution in [3.05, 3.63) is 35.9 Å². The lowest BCUT2D eigenvalue weighted by molar-refractivity contribution is -0.138. The monoisotopic (exact) mass is 285 g/mol. The molecule has 1 N–H and O–H groups in total. The maximum atomic E-state index is 11.9. The van der Waals surface area contributed by atoms with Crippen LogP contribution in [-0.4, -0.2) is 24.5 Å². The van der Waals surface area contributed by atoms with Gasteiger partial charge < -0.3 is 10.1 Å². The van der Waals surface area contributed by atoms with Gasteiger partial charge in [-0.1, -0.05) is 30.3 Å². The first-order valence-corrected chi connectivity index (χ1v) is 6.30. The van der Waals surface area contributed by atoms with Gasteiger partial charge in [0.25, 0.3) is 0 Å². The summed E-state index contributed by atoms with van der Waals surface area (Å²) < 4.78 is 28.1. The summed E-state index contributed by atoms with van der Waals surface area (Å²) in [4.78, 5) is 22.4. The minimum atomic E-state index is -2.58. The van der Waals surface area contributed by atoms with E-state index in [1.54, 1.807) is 6.92 Å². The summed E-state index contributed by atoms with van der Waals surface area (Å²) in [6.07, 6.45) is -3.99. The normalized spacial score (nSPS) is 12.0. The quantitative estimate of drug-likeness (QED) is 0.646. The topological polar surface area (TPSA) is 55.4 Å². The van der Waals surface area contributed by atoms with Crippen molar-refractivity contribution in [1.29, 1.82) is 0 Å². The average molecular weight is 285 g/mol. The molecule has 0 saturated heterocycles. The minimum absolute atomic E-state index is 0.229. The predicted molar refractivity (Wildman–Crippen MR) is 69.5 cm³/mol. The molecule has 1 aromatic rings. The van der Waals surface area contributed by atoms with Crippen molar-refractivity contribution >= 4 is 12.1 Å². The molecule has 1 atom stereocenters. The van der Waals surface area contributed by atoms with E-state index in [0.29, 0.717) is 6.42 Å². The van der Waals surface area contributed by atoms with Crippen LogP contribution in [0.3, 0.4) is 0 Å². The summed E-state index contributed by atoms with van der Waals surface area (Å²) in [6.45, 7) is 1.76. The fourth-order valence-corrected chi connectivity index (χ4v) is 1.63. The highest BCUT2D eigenvalue weighted by Crippen LogP contribution is 2.05. The zero-order valence-corrected chi connectivity index (χ0v) is 11.1. The summed E-state index contributed by atoms with van der Waals surface area (Å²) >= 11 is 0. The van der Waals surface area contributed by atoms with Crippen LogP contribution in [0.4, 0.5) is 13.6 Å². The van der Waals surface area contributed by atoms with Gasteiger partial charge in [0.2, 0.25) is 6.43 Å². The van der Waals surface area contributed by atoms with Crippen molar-refractivity contribution < 1.29 is 23.1 Å². The second kappa shape index (κ2) is 8.24. The predicted octanol–water partition coefficient (Wildman–Crippen LogP) is 2.92. The summed E-state index contributed by atoms with van der Waals surface area (Å²) in [7, 11) is 0. The third-order valence-electron chi connectivity index (χ3n) is 2.52. The molecule has 0 saturated carbocycles. The number of alkyl carbamates (subject to hydrolysis) is 1. The van der Waals surface area contributed by atoms with Gasteiger partial charge in [0.05, 0.1) is 6.42 Å². The number of hydrogen-bond donors (Lipinski definition) is 1. The lowest BCUT2D eigenvalue weighted by Crippen LogP contribution is -2.35. The van der Waals surface area contributed by atoms with Gasteiger partial charge in [-0.25, -0.2) is 13.6 Å². The van der Waals surface area contributed by atoms with E-state index in [2.05, 4.69) is 10.1 Å². The number of nitrogens with one attached hydrogen (secondary N) is 1. The van der Waals surface area contributed by atoms with E-state index in [-0.39, 0.29) is 6.04 Å². The standard InChI is InChI=1S/C14H17F2NO3/c1-10(9-11-5-3-2-4-6-11)17-14(19)20-13(18)8-7-12(15)16/h2-6,10,12H,7-9H2,1H3,(H,17,19). The van der Waals surface area contributed by atoms with Crippen LogP contribution in [0.25, 0.3) is 0 Å². The molecule has 6 heteroatoms. The second-order valence-electron chi connectivity index (χ2n) is 4.43. The van der Waals surface area contributed by atoms with Crippen molar-refractivity contribution in [2.24, 2.45) is 0 Å². The lowest BCUT2D eigenvalue weighted by atomic mass is 10.1. The molecule has 110 valence electrons. The van der Waals surface area contributed by atoms with Crippen LogP contribution in [0.1, 0.15) is 25.3 Å². The van der Waals surface area contributed by atoms with E-state index >= 15 is 0 Å². The molecule has 0 bridgehead atoms. The highest BCUT2D eigenvalue weighted by atomic mass is 19.3. The molecule has 4 nitrogen and oxygen atoms in total. The molecule has 0 aliphatic rings. The van der Waals surface area contributed by atoms with E-state index in [4.69, 9.17) is 0 Å². The highest BCUT2D eigenvalue weighted by Gasteiger charge is 2.15. The van der Waals surface area contributed by atoms with Crippen molar-refractivity contribution in [1.82, 2.24) is 5.32 Å². The first kappa shape index (κ1) is 16.1. The number of halogens is 2. The van der Waals surface area contributed by atoms with E-state index < -0.39 is 31.3 Å². The molecule has 0 spiro atoms. The summed E-state index contributed by atoms with van der Waals surface area (Å²) in [5.41, 5.74) is 1.03. The zero-order valence-electron chi connectivity index (χ0n) is 11.1. The Labute approximate surface area is 116 Å². The van der Waals surface area contributed by atoms with Crippen LogP contribution < -0.4 is 5.32 Å². The fourth-order valence-electron chi connectivity index (χ4n) is 1.63. The second-order valence-corrected chi connectivity index (χ2v) is 4.43. The van der Waals surface area contributed by atoms with Crippen LogP contribution in [-0.2, 0) is 16.0 Å². The molecule has 20 heavy (non-hydrogen) atoms. The molecule has 1 aromatic carbocycles. The van der Waals surface area contributed by atoms with E-state index in [1.165, 1.54) is 0 Å². The van der Waals surface area contributed by atoms with Crippen molar-refractivity contribution in [3.8, 4) is 0 Å². The smallest absolute Gasteiger partial charge is 0.376 e. The Morgan fingerprint density at radius 3 is 2.50 bits per heavy atom. The van der Waals surface area contributed by atoms with Gasteiger partial charge >= 0.3 is 12.1 Å². The Hall–Kier alpha value is -1.98. The van der Waals surface area contributed by atoms with Gasteiger partial charge in [-0.2, -0.15) is 0 Å². The van der Waals surface area contributed by atoms with Gasteiger partial charge in [0.1, 0.15) is 0 Å². The zero-order chi connectivity index (χ0) is 15.0. The highest BCUT2D eigenvalue weighted by molar-refractivity contribution is 5.84. The maximum absolute atomic E-state index is 11.9. The number of carbonyl (C=O) groups is 2. The molecule has 0 aliphatic heterocycles. The van der Waals surface area contributed by atoms with Gasteiger partial charge in [-0.3, -0.25) is 4.79 Å². The fraction of sp³-hybridized carbons (Fsp3) is 0.429. The van der Waals surface area contributed by atoms with Gasteiger partial charge in [0, 0.05) is 12.5 Å². The minimum Gasteiger partial charge on any atom is -0.376 e. The Bertz CT molecular complexity index is 437. The van der Waals surface area contributed by atoms with Crippen LogP contribution in [0.5, 0.6) is 0 Å². The van der Waals surface area contributed by atoms with Gasteiger partial charge in [-0.15, -0.1) is 0 Å². The van der Waals surface area contributed by atoms with Crippen LogP contribution in [0.15, 0.2) is 30.3 Å². The number of carbonyl (C=O) groups excluding carboxylic acids is 2. The Morgan fingerprint density at radius 1 is 1.25 bits per heavy atom. The number of ether oxygens (including phenoxy) is 1. The summed E-state index contributed by atoms with van der Waals surface area (Å²) in [6, 6.07) is 9.25. The maximum Gasteiger partial charge on any atom is 0.415 e. The molecule has 1 rings (SSSR count). The van der Waals surface area contributed by atoms with Crippen LogP contribution in [0.2, 0.25) is 0 Å². The van der Waals surface area contributed by atoms with Crippen molar-refractivity contribution in [3.63, 3.8) is 0 Å². The Morgan fingerprint density at radius 2 is 1.90 bits per heavy atom. The number of rotatable bonds is 6. The molecule has 0 aromatic heterocycles. The number of hydrogen-bond acceptors (Lipinski definition) is 3. The van der Waals surface area contributed by atoms with Crippen molar-refractivity contribution in [2.45, 2.75) is 38.7 Å². The van der Waals surface area contributed by atoms with Gasteiger partial charge in [-0.05, 0) is 18.9 Å². The van der Waals surface area contributed by atoms with E-state index in [1.807, 2.05) is 30.3 Å². The van der Waals surface area contributed by atoms with Crippen LogP contribution >= 0.6 is 0 Å². The average Bonchev–Trinajstić information content (AvgIpc) is 2.37. The molecule has 0 radical (unpaired) electrons. The molecular weight excluding hydrogens is 268 g/mol. The third-order valence-corrected chi connectivity index (χ3v) is 2.52. The lowest BCUT2D eigenvalue weighted by Gasteiger charge is -2.13. The SMILES string of the molecule is CC(Cc1ccccc1)NC(=O)OC(=O)CCC(F)F. The number of amides is 1. The van der Waals surface area contributed by atoms with E-state index in [0.717, 1.165) is 5.56 Å². The number of esters is 1. The van der Waals surface area contributed by atoms with Gasteiger partial charge in [0.15, 0.2) is 0 Å². The Kier molecular flexibility index (Phi) is 6.63. The molecule has 1 unspecified atom stereocenters. The molecule has 0 aliphatic carbocycles. The largest absolute Gasteiger partial charge is 0.415 e. The molecule has 0 heterocycles. The van der Waals surface area contributed by atoms with E-state index in [9.17, 15) is 18.4 Å². The number of benzene rings is 1.